The van der Waals surface area contributed by atoms with Crippen molar-refractivity contribution in [2.75, 3.05) is 12.4 Å². The lowest BCUT2D eigenvalue weighted by Gasteiger charge is -2.12. The maximum atomic E-state index is 9.04. The summed E-state index contributed by atoms with van der Waals surface area (Å²) in [6.07, 6.45) is 4.12. The predicted octanol–water partition coefficient (Wildman–Crippen LogP) is 2.29. The predicted molar refractivity (Wildman–Crippen MR) is 80.9 cm³/mol. The molecule has 1 aromatic heterocycles. The van der Waals surface area contributed by atoms with E-state index in [1.165, 1.54) is 6.20 Å². The highest BCUT2D eigenvalue weighted by atomic mass is 16.5. The first-order valence-corrected chi connectivity index (χ1v) is 7.02. The molecule has 0 amide bonds. The topological polar surface area (TPSA) is 80.1 Å². The van der Waals surface area contributed by atoms with E-state index in [0.29, 0.717) is 12.4 Å². The highest BCUT2D eigenvalue weighted by Crippen LogP contribution is 2.35. The lowest BCUT2D eigenvalue weighted by Crippen LogP contribution is -2.06. The molecule has 0 unspecified atom stereocenters. The Hall–Kier alpha value is -2.81. The maximum absolute atomic E-state index is 9.04. The summed E-state index contributed by atoms with van der Waals surface area (Å²) in [6, 6.07) is 6.01. The fourth-order valence-corrected chi connectivity index (χ4v) is 2.54. The summed E-state index contributed by atoms with van der Waals surface area (Å²) < 4.78 is 11.2. The highest BCUT2D eigenvalue weighted by molar-refractivity contribution is 5.52. The van der Waals surface area contributed by atoms with E-state index in [-0.39, 0.29) is 11.8 Å². The quantitative estimate of drug-likeness (QED) is 0.932. The Morgan fingerprint density at radius 2 is 2.23 bits per heavy atom. The van der Waals surface area contributed by atoms with Crippen LogP contribution >= 0.6 is 0 Å². The number of nitrogens with zero attached hydrogens (tertiary/aromatic N) is 3. The minimum atomic E-state index is 0.188. The highest BCUT2D eigenvalue weighted by Gasteiger charge is 2.21. The van der Waals surface area contributed by atoms with E-state index in [4.69, 9.17) is 14.7 Å². The second-order valence-corrected chi connectivity index (χ2v) is 5.12. The summed E-state index contributed by atoms with van der Waals surface area (Å²) in [5.74, 6) is 2.15. The Morgan fingerprint density at radius 3 is 3.00 bits per heavy atom. The normalized spacial score (nSPS) is 15.6. The van der Waals surface area contributed by atoms with Crippen molar-refractivity contribution in [1.29, 1.82) is 5.26 Å². The Kier molecular flexibility index (Phi) is 3.79. The molecule has 1 aliphatic heterocycles. The molecule has 0 spiro atoms. The van der Waals surface area contributed by atoms with Gasteiger partial charge in [-0.2, -0.15) is 5.26 Å². The number of aromatic nitrogens is 2. The molecule has 1 atom stereocenters. The van der Waals surface area contributed by atoms with Gasteiger partial charge in [-0.25, -0.2) is 9.97 Å². The van der Waals surface area contributed by atoms with Gasteiger partial charge in [0.2, 0.25) is 0 Å². The van der Waals surface area contributed by atoms with Crippen LogP contribution in [0.3, 0.4) is 0 Å². The number of nitriles is 1. The molecule has 2 aromatic rings. The van der Waals surface area contributed by atoms with Crippen molar-refractivity contribution in [3.05, 3.63) is 41.3 Å². The molecule has 22 heavy (non-hydrogen) atoms. The summed E-state index contributed by atoms with van der Waals surface area (Å²) in [5.41, 5.74) is 2.38. The van der Waals surface area contributed by atoms with Crippen LogP contribution in [0.25, 0.3) is 0 Å². The van der Waals surface area contributed by atoms with Crippen molar-refractivity contribution < 1.29 is 9.47 Å². The average Bonchev–Trinajstić information content (AvgIpc) is 2.91. The molecule has 2 heterocycles. The van der Waals surface area contributed by atoms with Crippen LogP contribution in [0, 0.1) is 11.3 Å². The van der Waals surface area contributed by atoms with Crippen LogP contribution in [-0.2, 0) is 13.0 Å². The van der Waals surface area contributed by atoms with Crippen LogP contribution < -0.4 is 14.8 Å². The van der Waals surface area contributed by atoms with Gasteiger partial charge in [-0.1, -0.05) is 0 Å². The summed E-state index contributed by atoms with van der Waals surface area (Å²) in [5, 5.41) is 12.2. The third-order valence-corrected chi connectivity index (χ3v) is 3.55. The van der Waals surface area contributed by atoms with Gasteiger partial charge in [0.15, 0.2) is 11.5 Å². The summed E-state index contributed by atoms with van der Waals surface area (Å²) >= 11 is 0. The SMILES string of the molecule is COc1cc2c(cc1CNc1nccnc1C#N)O[C@H](C)C2. The van der Waals surface area contributed by atoms with Crippen LogP contribution in [0.1, 0.15) is 23.7 Å². The molecule has 112 valence electrons. The molecule has 3 rings (SSSR count). The lowest BCUT2D eigenvalue weighted by atomic mass is 10.1. The molecule has 0 bridgehead atoms. The van der Waals surface area contributed by atoms with E-state index in [1.54, 1.807) is 13.3 Å². The number of fused-ring (bicyclic) bond motifs is 1. The summed E-state index contributed by atoms with van der Waals surface area (Å²) in [6.45, 7) is 2.52. The van der Waals surface area contributed by atoms with E-state index < -0.39 is 0 Å². The van der Waals surface area contributed by atoms with Gasteiger partial charge in [0.25, 0.3) is 0 Å². The Morgan fingerprint density at radius 1 is 1.41 bits per heavy atom. The molecule has 0 radical (unpaired) electrons. The number of methoxy groups -OCH3 is 1. The van der Waals surface area contributed by atoms with Crippen molar-refractivity contribution in [3.8, 4) is 17.6 Å². The molecule has 0 saturated carbocycles. The average molecular weight is 296 g/mol. The van der Waals surface area contributed by atoms with Gasteiger partial charge < -0.3 is 14.8 Å². The smallest absolute Gasteiger partial charge is 0.182 e. The molecule has 6 heteroatoms. The molecule has 1 aliphatic rings. The van der Waals surface area contributed by atoms with Gasteiger partial charge in [-0.3, -0.25) is 0 Å². The van der Waals surface area contributed by atoms with Crippen molar-refractivity contribution in [1.82, 2.24) is 9.97 Å². The lowest BCUT2D eigenvalue weighted by molar-refractivity contribution is 0.254. The van der Waals surface area contributed by atoms with Crippen LogP contribution in [0.2, 0.25) is 0 Å². The molecular weight excluding hydrogens is 280 g/mol. The Labute approximate surface area is 128 Å². The largest absolute Gasteiger partial charge is 0.496 e. The zero-order chi connectivity index (χ0) is 15.5. The fraction of sp³-hybridized carbons (Fsp3) is 0.312. The van der Waals surface area contributed by atoms with Gasteiger partial charge in [0.05, 0.1) is 7.11 Å². The van der Waals surface area contributed by atoms with Gasteiger partial charge in [-0.05, 0) is 19.1 Å². The third kappa shape index (κ3) is 2.66. The van der Waals surface area contributed by atoms with E-state index in [0.717, 1.165) is 29.0 Å². The monoisotopic (exact) mass is 296 g/mol. The number of ether oxygens (including phenoxy) is 2. The molecule has 0 aliphatic carbocycles. The first kappa shape index (κ1) is 14.1. The van der Waals surface area contributed by atoms with Crippen molar-refractivity contribution in [3.63, 3.8) is 0 Å². The minimum Gasteiger partial charge on any atom is -0.496 e. The van der Waals surface area contributed by atoms with Gasteiger partial charge >= 0.3 is 0 Å². The summed E-state index contributed by atoms with van der Waals surface area (Å²) in [4.78, 5) is 8.11. The van der Waals surface area contributed by atoms with E-state index in [9.17, 15) is 0 Å². The van der Waals surface area contributed by atoms with E-state index >= 15 is 0 Å². The van der Waals surface area contributed by atoms with E-state index in [1.807, 2.05) is 25.1 Å². The van der Waals surface area contributed by atoms with Crippen LogP contribution in [0.15, 0.2) is 24.5 Å². The standard InChI is InChI=1S/C16H16N4O2/c1-10-5-11-6-14(21-2)12(7-15(11)22-10)9-20-16-13(8-17)18-3-4-19-16/h3-4,6-7,10H,5,9H2,1-2H3,(H,19,20)/t10-/m1/s1. The second-order valence-electron chi connectivity index (χ2n) is 5.12. The zero-order valence-electron chi connectivity index (χ0n) is 12.5. The number of hydrogen-bond donors (Lipinski definition) is 1. The van der Waals surface area contributed by atoms with Gasteiger partial charge in [-0.15, -0.1) is 0 Å². The third-order valence-electron chi connectivity index (χ3n) is 3.55. The molecular formula is C16H16N4O2. The van der Waals surface area contributed by atoms with Crippen molar-refractivity contribution in [2.24, 2.45) is 0 Å². The number of anilines is 1. The van der Waals surface area contributed by atoms with Crippen molar-refractivity contribution >= 4 is 5.82 Å². The number of benzene rings is 1. The molecule has 0 saturated heterocycles. The number of hydrogen-bond acceptors (Lipinski definition) is 6. The minimum absolute atomic E-state index is 0.188. The van der Waals surface area contributed by atoms with Gasteiger partial charge in [0, 0.05) is 36.5 Å². The fourth-order valence-electron chi connectivity index (χ4n) is 2.54. The van der Waals surface area contributed by atoms with Crippen LogP contribution in [0.5, 0.6) is 11.5 Å². The second kappa shape index (κ2) is 5.90. The van der Waals surface area contributed by atoms with E-state index in [2.05, 4.69) is 15.3 Å². The first-order chi connectivity index (χ1) is 10.7. The molecule has 1 aromatic carbocycles. The number of rotatable bonds is 4. The molecule has 1 N–H and O–H groups in total. The van der Waals surface area contributed by atoms with Gasteiger partial charge in [0.1, 0.15) is 23.7 Å². The number of nitrogens with one attached hydrogen (secondary N) is 1. The zero-order valence-corrected chi connectivity index (χ0v) is 12.5. The first-order valence-electron chi connectivity index (χ1n) is 7.02. The Balaban J connectivity index is 1.84. The maximum Gasteiger partial charge on any atom is 0.182 e. The van der Waals surface area contributed by atoms with Crippen LogP contribution in [0.4, 0.5) is 5.82 Å². The van der Waals surface area contributed by atoms with Crippen LogP contribution in [-0.4, -0.2) is 23.2 Å². The molecule has 6 nitrogen and oxygen atoms in total. The molecule has 0 fully saturated rings. The summed E-state index contributed by atoms with van der Waals surface area (Å²) in [7, 11) is 1.65. The Bertz CT molecular complexity index is 739. The van der Waals surface area contributed by atoms with Crippen molar-refractivity contribution in [2.45, 2.75) is 26.0 Å².